The van der Waals surface area contributed by atoms with Crippen molar-refractivity contribution in [3.05, 3.63) is 11.6 Å². The number of ether oxygens (including phenoxy) is 3. The second-order valence-corrected chi connectivity index (χ2v) is 23.7. The maximum Gasteiger partial charge on any atom is 0.410 e. The van der Waals surface area contributed by atoms with E-state index in [9.17, 15) is 14.4 Å². The molecule has 2 unspecified atom stereocenters. The Morgan fingerprint density at radius 1 is 0.780 bits per heavy atom. The summed E-state index contributed by atoms with van der Waals surface area (Å²) in [6.07, 6.45) is 15.4. The zero-order valence-corrected chi connectivity index (χ0v) is 40.7. The van der Waals surface area contributed by atoms with Crippen molar-refractivity contribution in [3.8, 4) is 0 Å². The van der Waals surface area contributed by atoms with Crippen molar-refractivity contribution in [1.29, 1.82) is 0 Å². The number of nitrogens with one attached hydrogen (secondary N) is 2. The van der Waals surface area contributed by atoms with E-state index in [1.165, 1.54) is 50.5 Å². The molecule has 0 saturated heterocycles. The second-order valence-electron chi connectivity index (χ2n) is 23.7. The zero-order chi connectivity index (χ0) is 44.4. The van der Waals surface area contributed by atoms with Crippen LogP contribution in [-0.4, -0.2) is 64.7 Å². The molecule has 0 aromatic heterocycles. The lowest BCUT2D eigenvalue weighted by atomic mass is 9.47. The lowest BCUT2D eigenvalue weighted by Gasteiger charge is -2.58. The molecule has 0 aromatic rings. The fraction of sp³-hybridized carbons (Fsp3) is 0.900. The standard InChI is InChI=1S/C50H89N3O6/c1-17-35(33(2)3)19-18-34(4)39-22-23-40-38-21-20-36-32-37(24-26-49(36,15)41(38)25-27-50(39,40)16)57-44(56)53(30-28-47(11,12)51-42(54)58-45(5,6)7)31-29-48(13,14)52-43(55)59-46(8,9)10/h20,33-35,37-41H,17-19,21-32H2,1-16H3,(H,51,54)(H,52,55)/t34?,35?,37-,38-,39+,40-,41-,49-,50+/m0/s1. The van der Waals surface area contributed by atoms with Crippen LogP contribution < -0.4 is 10.6 Å². The van der Waals surface area contributed by atoms with Crippen LogP contribution in [0.5, 0.6) is 0 Å². The Hall–Kier alpha value is -2.45. The molecular weight excluding hydrogens is 739 g/mol. The smallest absolute Gasteiger partial charge is 0.410 e. The summed E-state index contributed by atoms with van der Waals surface area (Å²) >= 11 is 0. The van der Waals surface area contributed by atoms with Gasteiger partial charge in [0.05, 0.1) is 0 Å². The molecule has 0 radical (unpaired) electrons. The molecule has 3 fully saturated rings. The molecular formula is C50H89N3O6. The third-order valence-corrected chi connectivity index (χ3v) is 15.5. The van der Waals surface area contributed by atoms with E-state index >= 15 is 0 Å². The average Bonchev–Trinajstić information content (AvgIpc) is 3.43. The number of nitrogens with zero attached hydrogens (tertiary/aromatic N) is 1. The highest BCUT2D eigenvalue weighted by Gasteiger charge is 2.59. The minimum Gasteiger partial charge on any atom is -0.446 e. The van der Waals surface area contributed by atoms with Gasteiger partial charge in [-0.05, 0) is 186 Å². The first kappa shape index (κ1) is 49.2. The maximum atomic E-state index is 14.2. The first-order valence-electron chi connectivity index (χ1n) is 23.8. The third-order valence-electron chi connectivity index (χ3n) is 15.5. The van der Waals surface area contributed by atoms with Gasteiger partial charge in [0.1, 0.15) is 17.3 Å². The molecule has 0 heterocycles. The Morgan fingerprint density at radius 2 is 1.34 bits per heavy atom. The highest BCUT2D eigenvalue weighted by Crippen LogP contribution is 2.67. The highest BCUT2D eigenvalue weighted by molar-refractivity contribution is 5.70. The molecule has 3 saturated carbocycles. The summed E-state index contributed by atoms with van der Waals surface area (Å²) in [5.74, 6) is 5.52. The minimum absolute atomic E-state index is 0.164. The van der Waals surface area contributed by atoms with Crippen LogP contribution in [0, 0.1) is 52.3 Å². The first-order chi connectivity index (χ1) is 27.1. The van der Waals surface area contributed by atoms with Crippen molar-refractivity contribution >= 4 is 18.3 Å². The molecule has 3 amide bonds. The van der Waals surface area contributed by atoms with Crippen LogP contribution in [0.15, 0.2) is 11.6 Å². The van der Waals surface area contributed by atoms with E-state index in [4.69, 9.17) is 14.2 Å². The van der Waals surface area contributed by atoms with Crippen LogP contribution in [0.3, 0.4) is 0 Å². The van der Waals surface area contributed by atoms with Gasteiger partial charge >= 0.3 is 18.3 Å². The topological polar surface area (TPSA) is 106 Å². The van der Waals surface area contributed by atoms with Gasteiger partial charge in [0.25, 0.3) is 0 Å². The molecule has 4 aliphatic rings. The second kappa shape index (κ2) is 18.9. The Balaban J connectivity index is 1.43. The lowest BCUT2D eigenvalue weighted by molar-refractivity contribution is -0.0596. The van der Waals surface area contributed by atoms with Crippen molar-refractivity contribution in [2.24, 2.45) is 52.3 Å². The van der Waals surface area contributed by atoms with Gasteiger partial charge in [-0.15, -0.1) is 0 Å². The molecule has 0 aliphatic heterocycles. The van der Waals surface area contributed by atoms with Crippen LogP contribution in [-0.2, 0) is 14.2 Å². The number of alkyl carbamates (subject to hydrolysis) is 2. The summed E-state index contributed by atoms with van der Waals surface area (Å²) in [5.41, 5.74) is -0.390. The summed E-state index contributed by atoms with van der Waals surface area (Å²) in [4.78, 5) is 41.3. The molecule has 9 nitrogen and oxygen atoms in total. The first-order valence-corrected chi connectivity index (χ1v) is 23.8. The Labute approximate surface area is 361 Å². The van der Waals surface area contributed by atoms with E-state index in [0.717, 1.165) is 61.2 Å². The van der Waals surface area contributed by atoms with Gasteiger partial charge in [0.15, 0.2) is 0 Å². The normalized spacial score (nSPS) is 29.6. The lowest BCUT2D eigenvalue weighted by Crippen LogP contribution is -2.51. The average molecular weight is 828 g/mol. The molecule has 9 heteroatoms. The summed E-state index contributed by atoms with van der Waals surface area (Å²) < 4.78 is 17.5. The van der Waals surface area contributed by atoms with E-state index < -0.39 is 34.5 Å². The maximum absolute atomic E-state index is 14.2. The Bertz CT molecular complexity index is 1430. The van der Waals surface area contributed by atoms with Gasteiger partial charge < -0.3 is 29.7 Å². The fourth-order valence-corrected chi connectivity index (χ4v) is 12.0. The molecule has 340 valence electrons. The van der Waals surface area contributed by atoms with Gasteiger partial charge in [-0.25, -0.2) is 14.4 Å². The minimum atomic E-state index is -0.638. The summed E-state index contributed by atoms with van der Waals surface area (Å²) in [5, 5.41) is 5.97. The molecule has 0 bridgehead atoms. The van der Waals surface area contributed by atoms with E-state index in [-0.39, 0.29) is 17.6 Å². The van der Waals surface area contributed by atoms with Crippen molar-refractivity contribution in [3.63, 3.8) is 0 Å². The number of rotatable bonds is 15. The van der Waals surface area contributed by atoms with Gasteiger partial charge in [-0.3, -0.25) is 0 Å². The molecule has 4 rings (SSSR count). The number of carbonyl (C=O) groups is 3. The number of hydrogen-bond acceptors (Lipinski definition) is 6. The zero-order valence-electron chi connectivity index (χ0n) is 40.7. The number of hydrogen-bond donors (Lipinski definition) is 2. The molecule has 0 aromatic carbocycles. The third kappa shape index (κ3) is 13.0. The van der Waals surface area contributed by atoms with Crippen molar-refractivity contribution in [2.75, 3.05) is 13.1 Å². The molecule has 9 atom stereocenters. The number of allylic oxidation sites excluding steroid dienone is 1. The quantitative estimate of drug-likeness (QED) is 0.126. The predicted octanol–water partition coefficient (Wildman–Crippen LogP) is 12.9. The van der Waals surface area contributed by atoms with Crippen molar-refractivity contribution < 1.29 is 28.6 Å². The van der Waals surface area contributed by atoms with Crippen LogP contribution in [0.1, 0.15) is 194 Å². The molecule has 2 N–H and O–H groups in total. The summed E-state index contributed by atoms with van der Waals surface area (Å²) in [6.45, 7) is 34.5. The summed E-state index contributed by atoms with van der Waals surface area (Å²) in [6, 6.07) is 0. The van der Waals surface area contributed by atoms with Gasteiger partial charge in [0, 0.05) is 30.6 Å². The number of amides is 3. The van der Waals surface area contributed by atoms with E-state index in [0.29, 0.717) is 37.3 Å². The molecule has 59 heavy (non-hydrogen) atoms. The van der Waals surface area contributed by atoms with Crippen LogP contribution in [0.4, 0.5) is 14.4 Å². The SMILES string of the molecule is CCC(CCC(C)[C@H]1CC[C@H]2[C@@H]3CC=C4C[C@@H](OC(=O)N(CCC(C)(C)NC(=O)OC(C)(C)C)CCC(C)(C)NC(=O)OC(C)(C)C)CC[C@]4(C)[C@H]3CC[C@]12C)C(C)C. The predicted molar refractivity (Wildman–Crippen MR) is 240 cm³/mol. The molecule has 0 spiro atoms. The van der Waals surface area contributed by atoms with Gasteiger partial charge in [0.2, 0.25) is 0 Å². The summed E-state index contributed by atoms with van der Waals surface area (Å²) in [7, 11) is 0. The number of carbonyl (C=O) groups excluding carboxylic acids is 3. The Kier molecular flexibility index (Phi) is 15.8. The van der Waals surface area contributed by atoms with E-state index in [1.54, 1.807) is 4.90 Å². The monoisotopic (exact) mass is 828 g/mol. The van der Waals surface area contributed by atoms with E-state index in [1.807, 2.05) is 69.2 Å². The molecule has 4 aliphatic carbocycles. The van der Waals surface area contributed by atoms with E-state index in [2.05, 4.69) is 58.3 Å². The van der Waals surface area contributed by atoms with Crippen LogP contribution in [0.25, 0.3) is 0 Å². The van der Waals surface area contributed by atoms with Crippen molar-refractivity contribution in [2.45, 2.75) is 223 Å². The van der Waals surface area contributed by atoms with Crippen LogP contribution in [0.2, 0.25) is 0 Å². The number of fused-ring (bicyclic) bond motifs is 5. The van der Waals surface area contributed by atoms with Crippen molar-refractivity contribution in [1.82, 2.24) is 15.5 Å². The highest BCUT2D eigenvalue weighted by atomic mass is 16.6. The van der Waals surface area contributed by atoms with Gasteiger partial charge in [-0.1, -0.05) is 66.0 Å². The largest absolute Gasteiger partial charge is 0.446 e. The van der Waals surface area contributed by atoms with Gasteiger partial charge in [-0.2, -0.15) is 0 Å². The Morgan fingerprint density at radius 3 is 1.85 bits per heavy atom. The fourth-order valence-electron chi connectivity index (χ4n) is 12.0. The van der Waals surface area contributed by atoms with Crippen LogP contribution >= 0.6 is 0 Å².